The Kier molecular flexibility index (Phi) is 6.42. The van der Waals surface area contributed by atoms with Crippen LogP contribution >= 0.6 is 0 Å². The third-order valence-electron chi connectivity index (χ3n) is 6.11. The number of nitrogens with two attached hydrogens (primary N) is 1. The van der Waals surface area contributed by atoms with E-state index in [2.05, 4.69) is 23.6 Å². The molecule has 1 aliphatic heterocycles. The van der Waals surface area contributed by atoms with Crippen LogP contribution in [-0.4, -0.2) is 31.2 Å². The number of nitrogens with one attached hydrogen (secondary N) is 2. The van der Waals surface area contributed by atoms with E-state index in [1.54, 1.807) is 0 Å². The minimum atomic E-state index is -0.424. The van der Waals surface area contributed by atoms with Gasteiger partial charge in [0.15, 0.2) is 11.5 Å². The van der Waals surface area contributed by atoms with Gasteiger partial charge in [0, 0.05) is 36.2 Å². The van der Waals surface area contributed by atoms with E-state index in [4.69, 9.17) is 15.2 Å². The standard InChI is InChI=1S/C24H29N3O4/c1-15(20-3-2-4-21-23(20)31-14-30-21)27-19-10-9-18(13-19)16-5-7-17(8-6-16)24(29)26-12-11-22(25)28/h2-8,15,18-19,27H,9-14H2,1H3,(H2,25,28)(H,26,29)/t15-,18+,19?/m1/s1. The highest BCUT2D eigenvalue weighted by Gasteiger charge is 2.28. The molecule has 0 bridgehead atoms. The fourth-order valence-electron chi connectivity index (χ4n) is 4.48. The Hall–Kier alpha value is -3.06. The summed E-state index contributed by atoms with van der Waals surface area (Å²) in [5, 5.41) is 6.46. The molecule has 4 N–H and O–H groups in total. The van der Waals surface area contributed by atoms with Gasteiger partial charge in [0.1, 0.15) is 0 Å². The van der Waals surface area contributed by atoms with E-state index in [9.17, 15) is 9.59 Å². The molecule has 7 nitrogen and oxygen atoms in total. The number of hydrogen-bond donors (Lipinski definition) is 3. The second-order valence-electron chi connectivity index (χ2n) is 8.27. The SMILES string of the molecule is C[C@@H](NC1CC[C@H](c2ccc(C(=O)NCCC(N)=O)cc2)C1)c1cccc2c1OCO2. The molecule has 1 heterocycles. The molecule has 2 amide bonds. The summed E-state index contributed by atoms with van der Waals surface area (Å²) in [6, 6.07) is 14.4. The molecule has 7 heteroatoms. The summed E-state index contributed by atoms with van der Waals surface area (Å²) >= 11 is 0. The lowest BCUT2D eigenvalue weighted by Crippen LogP contribution is -2.29. The Bertz CT molecular complexity index is 944. The molecule has 31 heavy (non-hydrogen) atoms. The van der Waals surface area contributed by atoms with Crippen molar-refractivity contribution in [1.29, 1.82) is 0 Å². The van der Waals surface area contributed by atoms with Crippen molar-refractivity contribution in [3.63, 3.8) is 0 Å². The molecule has 0 aromatic heterocycles. The Morgan fingerprint density at radius 3 is 2.71 bits per heavy atom. The van der Waals surface area contributed by atoms with Gasteiger partial charge >= 0.3 is 0 Å². The highest BCUT2D eigenvalue weighted by molar-refractivity contribution is 5.94. The number of hydrogen-bond acceptors (Lipinski definition) is 5. The van der Waals surface area contributed by atoms with E-state index in [1.165, 1.54) is 5.56 Å². The zero-order valence-corrected chi connectivity index (χ0v) is 17.7. The maximum atomic E-state index is 12.2. The van der Waals surface area contributed by atoms with Gasteiger partial charge in [-0.15, -0.1) is 0 Å². The van der Waals surface area contributed by atoms with Crippen molar-refractivity contribution in [1.82, 2.24) is 10.6 Å². The van der Waals surface area contributed by atoms with Gasteiger partial charge < -0.3 is 25.8 Å². The van der Waals surface area contributed by atoms with Gasteiger partial charge in [-0.3, -0.25) is 9.59 Å². The number of fused-ring (bicyclic) bond motifs is 1. The molecule has 1 saturated carbocycles. The predicted octanol–water partition coefficient (Wildman–Crippen LogP) is 3.01. The number of amides is 2. The number of rotatable bonds is 8. The summed E-state index contributed by atoms with van der Waals surface area (Å²) in [7, 11) is 0. The van der Waals surface area contributed by atoms with E-state index in [1.807, 2.05) is 36.4 Å². The average Bonchev–Trinajstić information content (AvgIpc) is 3.42. The smallest absolute Gasteiger partial charge is 0.251 e. The molecule has 164 valence electrons. The van der Waals surface area contributed by atoms with Crippen molar-refractivity contribution in [2.45, 2.75) is 50.6 Å². The van der Waals surface area contributed by atoms with Crippen LogP contribution in [0.3, 0.4) is 0 Å². The Balaban J connectivity index is 1.31. The third-order valence-corrected chi connectivity index (χ3v) is 6.11. The van der Waals surface area contributed by atoms with Crippen LogP contribution in [0.25, 0.3) is 0 Å². The normalized spacial score (nSPS) is 20.4. The number of para-hydroxylation sites is 1. The molecule has 2 aromatic carbocycles. The van der Waals surface area contributed by atoms with E-state index in [0.29, 0.717) is 17.5 Å². The maximum Gasteiger partial charge on any atom is 0.251 e. The lowest BCUT2D eigenvalue weighted by atomic mass is 9.96. The van der Waals surface area contributed by atoms with Gasteiger partial charge in [-0.05, 0) is 55.9 Å². The molecule has 3 atom stereocenters. The molecule has 1 unspecified atom stereocenters. The first-order valence-electron chi connectivity index (χ1n) is 10.8. The van der Waals surface area contributed by atoms with Crippen LogP contribution in [0.5, 0.6) is 11.5 Å². The first kappa shape index (κ1) is 21.2. The highest BCUT2D eigenvalue weighted by atomic mass is 16.7. The van der Waals surface area contributed by atoms with Crippen molar-refractivity contribution in [3.05, 3.63) is 59.2 Å². The molecule has 0 radical (unpaired) electrons. The number of carbonyl (C=O) groups is 2. The topological polar surface area (TPSA) is 103 Å². The Labute approximate surface area is 182 Å². The van der Waals surface area contributed by atoms with Gasteiger partial charge in [-0.2, -0.15) is 0 Å². The van der Waals surface area contributed by atoms with Crippen LogP contribution in [0.15, 0.2) is 42.5 Å². The second kappa shape index (κ2) is 9.39. The maximum absolute atomic E-state index is 12.2. The zero-order chi connectivity index (χ0) is 21.8. The van der Waals surface area contributed by atoms with Gasteiger partial charge in [0.2, 0.25) is 12.7 Å². The van der Waals surface area contributed by atoms with Crippen molar-refractivity contribution in [3.8, 4) is 11.5 Å². The molecule has 2 aliphatic rings. The van der Waals surface area contributed by atoms with Crippen molar-refractivity contribution in [2.75, 3.05) is 13.3 Å². The molecule has 1 fully saturated rings. The molecule has 2 aromatic rings. The van der Waals surface area contributed by atoms with Gasteiger partial charge in [0.05, 0.1) is 0 Å². The van der Waals surface area contributed by atoms with Crippen molar-refractivity contribution in [2.24, 2.45) is 5.73 Å². The fourth-order valence-corrected chi connectivity index (χ4v) is 4.48. The van der Waals surface area contributed by atoms with Crippen molar-refractivity contribution < 1.29 is 19.1 Å². The number of ether oxygens (including phenoxy) is 2. The van der Waals surface area contributed by atoms with E-state index < -0.39 is 5.91 Å². The van der Waals surface area contributed by atoms with Crippen LogP contribution in [-0.2, 0) is 4.79 Å². The van der Waals surface area contributed by atoms with E-state index >= 15 is 0 Å². The summed E-state index contributed by atoms with van der Waals surface area (Å²) in [6.07, 6.45) is 3.42. The molecule has 4 rings (SSSR count). The van der Waals surface area contributed by atoms with Crippen LogP contribution < -0.4 is 25.8 Å². The molecule has 1 aliphatic carbocycles. The monoisotopic (exact) mass is 423 g/mol. The predicted molar refractivity (Wildman–Crippen MR) is 117 cm³/mol. The largest absolute Gasteiger partial charge is 0.454 e. The van der Waals surface area contributed by atoms with Gasteiger partial charge in [0.25, 0.3) is 5.91 Å². The summed E-state index contributed by atoms with van der Waals surface area (Å²) in [5.74, 6) is 1.52. The average molecular weight is 424 g/mol. The Morgan fingerprint density at radius 2 is 1.94 bits per heavy atom. The Morgan fingerprint density at radius 1 is 1.13 bits per heavy atom. The lowest BCUT2D eigenvalue weighted by Gasteiger charge is -2.21. The first-order chi connectivity index (χ1) is 15.0. The molecular weight excluding hydrogens is 394 g/mol. The minimum Gasteiger partial charge on any atom is -0.454 e. The number of primary amides is 1. The molecule has 0 saturated heterocycles. The van der Waals surface area contributed by atoms with Crippen LogP contribution in [0.2, 0.25) is 0 Å². The summed E-state index contributed by atoms with van der Waals surface area (Å²) in [5.41, 5.74) is 8.07. The summed E-state index contributed by atoms with van der Waals surface area (Å²) < 4.78 is 11.1. The van der Waals surface area contributed by atoms with Crippen molar-refractivity contribution >= 4 is 11.8 Å². The zero-order valence-electron chi connectivity index (χ0n) is 17.7. The second-order valence-corrected chi connectivity index (χ2v) is 8.27. The summed E-state index contributed by atoms with van der Waals surface area (Å²) in [4.78, 5) is 22.9. The minimum absolute atomic E-state index is 0.143. The highest BCUT2D eigenvalue weighted by Crippen LogP contribution is 2.40. The first-order valence-corrected chi connectivity index (χ1v) is 10.8. The lowest BCUT2D eigenvalue weighted by molar-refractivity contribution is -0.117. The van der Waals surface area contributed by atoms with Crippen LogP contribution in [0.4, 0.5) is 0 Å². The number of carbonyl (C=O) groups excluding carboxylic acids is 2. The van der Waals surface area contributed by atoms with E-state index in [-0.39, 0.29) is 31.7 Å². The summed E-state index contributed by atoms with van der Waals surface area (Å²) in [6.45, 7) is 2.70. The van der Waals surface area contributed by atoms with Crippen LogP contribution in [0.1, 0.15) is 66.1 Å². The molecule has 0 spiro atoms. The quantitative estimate of drug-likeness (QED) is 0.606. The third kappa shape index (κ3) is 4.99. The van der Waals surface area contributed by atoms with Gasteiger partial charge in [-0.1, -0.05) is 24.3 Å². The number of benzene rings is 2. The van der Waals surface area contributed by atoms with Crippen LogP contribution in [0, 0.1) is 0 Å². The fraction of sp³-hybridized carbons (Fsp3) is 0.417. The van der Waals surface area contributed by atoms with E-state index in [0.717, 1.165) is 36.3 Å². The van der Waals surface area contributed by atoms with Gasteiger partial charge in [-0.25, -0.2) is 0 Å². The molecular formula is C24H29N3O4.